The maximum absolute atomic E-state index is 12.0. The Hall–Kier alpha value is -1.25. The van der Waals surface area contributed by atoms with Gasteiger partial charge < -0.3 is 10.1 Å². The summed E-state index contributed by atoms with van der Waals surface area (Å²) >= 11 is 7.02. The first-order chi connectivity index (χ1) is 11.2. The van der Waals surface area contributed by atoms with Crippen molar-refractivity contribution in [3.8, 4) is 0 Å². The van der Waals surface area contributed by atoms with E-state index in [0.717, 1.165) is 0 Å². The number of hydrogen-bond acceptors (Lipinski definition) is 6. The minimum absolute atomic E-state index is 0.0265. The first-order valence-electron chi connectivity index (χ1n) is 7.33. The number of hydrogen-bond donors (Lipinski definition) is 1. The molecule has 1 aliphatic heterocycles. The van der Waals surface area contributed by atoms with Gasteiger partial charge in [-0.3, -0.25) is 9.59 Å². The van der Waals surface area contributed by atoms with Gasteiger partial charge in [0.25, 0.3) is 5.91 Å². The van der Waals surface area contributed by atoms with Crippen molar-refractivity contribution >= 4 is 50.8 Å². The zero-order valence-electron chi connectivity index (χ0n) is 13.0. The van der Waals surface area contributed by atoms with Gasteiger partial charge in [-0.2, -0.15) is 0 Å². The molecule has 1 fully saturated rings. The maximum Gasteiger partial charge on any atom is 0.316 e. The number of sulfone groups is 1. The van der Waals surface area contributed by atoms with Gasteiger partial charge in [-0.1, -0.05) is 11.6 Å². The zero-order valence-corrected chi connectivity index (χ0v) is 15.4. The molecule has 0 radical (unpaired) electrons. The van der Waals surface area contributed by atoms with Crippen molar-refractivity contribution < 1.29 is 22.7 Å². The molecule has 1 N–H and O–H groups in total. The Morgan fingerprint density at radius 2 is 2.04 bits per heavy atom. The fourth-order valence-corrected chi connectivity index (χ4v) is 5.69. The van der Waals surface area contributed by atoms with Crippen LogP contribution in [-0.4, -0.2) is 48.9 Å². The third-order valence-electron chi connectivity index (χ3n) is 3.42. The van der Waals surface area contributed by atoms with Gasteiger partial charge in [-0.15, -0.1) is 11.8 Å². The molecule has 9 heteroatoms. The van der Waals surface area contributed by atoms with E-state index in [1.165, 1.54) is 18.7 Å². The third-order valence-corrected chi connectivity index (χ3v) is 6.92. The van der Waals surface area contributed by atoms with E-state index in [1.807, 2.05) is 0 Å². The van der Waals surface area contributed by atoms with Crippen LogP contribution in [0.5, 0.6) is 0 Å². The Bertz CT molecular complexity index is 705. The van der Waals surface area contributed by atoms with Crippen molar-refractivity contribution in [3.05, 3.63) is 29.3 Å². The molecule has 0 unspecified atom stereocenters. The van der Waals surface area contributed by atoms with Gasteiger partial charge in [-0.05, 0) is 37.6 Å². The Labute approximate surface area is 150 Å². The molecule has 1 saturated heterocycles. The quantitative estimate of drug-likeness (QED) is 0.747. The second kappa shape index (κ2) is 8.22. The molecule has 1 aromatic carbocycles. The highest BCUT2D eigenvalue weighted by Gasteiger charge is 2.29. The molecule has 2 atom stereocenters. The molecule has 0 aromatic heterocycles. The number of carbonyl (C=O) groups excluding carboxylic acids is 2. The average Bonchev–Trinajstić information content (AvgIpc) is 2.86. The van der Waals surface area contributed by atoms with Crippen molar-refractivity contribution in [1.82, 2.24) is 0 Å². The highest BCUT2D eigenvalue weighted by Crippen LogP contribution is 2.24. The van der Waals surface area contributed by atoms with Gasteiger partial charge in [0.15, 0.2) is 15.9 Å². The van der Waals surface area contributed by atoms with E-state index in [-0.39, 0.29) is 22.5 Å². The molecule has 0 saturated carbocycles. The number of amides is 1. The number of rotatable bonds is 6. The predicted octanol–water partition coefficient (Wildman–Crippen LogP) is 2.13. The first kappa shape index (κ1) is 19.1. The van der Waals surface area contributed by atoms with Crippen LogP contribution in [0, 0.1) is 0 Å². The first-order valence-corrected chi connectivity index (χ1v) is 10.6. The minimum atomic E-state index is -2.96. The van der Waals surface area contributed by atoms with Gasteiger partial charge in [0.05, 0.1) is 17.3 Å². The molecule has 0 aliphatic carbocycles. The summed E-state index contributed by atoms with van der Waals surface area (Å²) in [5, 5.41) is 3.09. The Kier molecular flexibility index (Phi) is 6.54. The van der Waals surface area contributed by atoms with Crippen LogP contribution in [0.1, 0.15) is 13.3 Å². The number of anilines is 1. The van der Waals surface area contributed by atoms with Crippen molar-refractivity contribution in [3.63, 3.8) is 0 Å². The van der Waals surface area contributed by atoms with Gasteiger partial charge in [0, 0.05) is 16.0 Å². The summed E-state index contributed by atoms with van der Waals surface area (Å²) in [5.74, 6) is -0.696. The monoisotopic (exact) mass is 391 g/mol. The standard InChI is InChI=1S/C15H18ClNO5S2/c1-10(15(19)17-12-4-2-11(16)3-5-12)22-14(18)8-23-13-6-7-24(20,21)9-13/h2-5,10,13H,6-9H2,1H3,(H,17,19)/t10-,13-/m1/s1. The Morgan fingerprint density at radius 3 is 2.62 bits per heavy atom. The largest absolute Gasteiger partial charge is 0.452 e. The number of carbonyl (C=O) groups is 2. The van der Waals surface area contributed by atoms with Crippen LogP contribution in [0.25, 0.3) is 0 Å². The summed E-state index contributed by atoms with van der Waals surface area (Å²) in [7, 11) is -2.96. The minimum Gasteiger partial charge on any atom is -0.452 e. The summed E-state index contributed by atoms with van der Waals surface area (Å²) in [6.07, 6.45) is -0.395. The van der Waals surface area contributed by atoms with Crippen LogP contribution in [0.15, 0.2) is 24.3 Å². The molecule has 6 nitrogen and oxygen atoms in total. The lowest BCUT2D eigenvalue weighted by Gasteiger charge is -2.14. The molecule has 1 aliphatic rings. The summed E-state index contributed by atoms with van der Waals surface area (Å²) in [6.45, 7) is 1.48. The molecule has 1 amide bonds. The number of ether oxygens (including phenoxy) is 1. The van der Waals surface area contributed by atoms with Gasteiger partial charge in [0.2, 0.25) is 0 Å². The van der Waals surface area contributed by atoms with Crippen LogP contribution in [0.4, 0.5) is 5.69 Å². The summed E-state index contributed by atoms with van der Waals surface area (Å²) in [4.78, 5) is 23.8. The molecule has 132 valence electrons. The number of thioether (sulfide) groups is 1. The molecule has 1 aromatic rings. The lowest BCUT2D eigenvalue weighted by Crippen LogP contribution is -2.30. The normalized spacial score (nSPS) is 20.3. The van der Waals surface area contributed by atoms with Crippen LogP contribution in [0.3, 0.4) is 0 Å². The molecule has 0 bridgehead atoms. The lowest BCUT2D eigenvalue weighted by atomic mass is 10.3. The second-order valence-corrected chi connectivity index (χ2v) is 9.42. The fraction of sp³-hybridized carbons (Fsp3) is 0.467. The number of halogens is 1. The van der Waals surface area contributed by atoms with E-state index < -0.39 is 27.8 Å². The summed E-state index contributed by atoms with van der Waals surface area (Å²) < 4.78 is 27.8. The molecule has 0 spiro atoms. The van der Waals surface area contributed by atoms with Crippen LogP contribution < -0.4 is 5.32 Å². The molecule has 24 heavy (non-hydrogen) atoms. The number of benzene rings is 1. The smallest absolute Gasteiger partial charge is 0.316 e. The number of nitrogens with one attached hydrogen (secondary N) is 1. The molecular formula is C15H18ClNO5S2. The maximum atomic E-state index is 12.0. The van der Waals surface area contributed by atoms with E-state index in [1.54, 1.807) is 24.3 Å². The van der Waals surface area contributed by atoms with Crippen LogP contribution in [0.2, 0.25) is 5.02 Å². The summed E-state index contributed by atoms with van der Waals surface area (Å²) in [6, 6.07) is 6.57. The van der Waals surface area contributed by atoms with Crippen molar-refractivity contribution in [2.24, 2.45) is 0 Å². The van der Waals surface area contributed by atoms with Crippen molar-refractivity contribution in [2.45, 2.75) is 24.7 Å². The molecule has 2 rings (SSSR count). The Balaban J connectivity index is 1.74. The number of esters is 1. The van der Waals surface area contributed by atoms with E-state index >= 15 is 0 Å². The van der Waals surface area contributed by atoms with Crippen molar-refractivity contribution in [2.75, 3.05) is 22.6 Å². The van der Waals surface area contributed by atoms with Gasteiger partial charge >= 0.3 is 5.97 Å². The van der Waals surface area contributed by atoms with Crippen molar-refractivity contribution in [1.29, 1.82) is 0 Å². The van der Waals surface area contributed by atoms with E-state index in [9.17, 15) is 18.0 Å². The predicted molar refractivity (Wildman–Crippen MR) is 95.2 cm³/mol. The highest BCUT2D eigenvalue weighted by molar-refractivity contribution is 8.02. The van der Waals surface area contributed by atoms with E-state index in [4.69, 9.17) is 16.3 Å². The fourth-order valence-electron chi connectivity index (χ4n) is 2.14. The SMILES string of the molecule is C[C@@H](OC(=O)CS[C@@H]1CCS(=O)(=O)C1)C(=O)Nc1ccc(Cl)cc1. The van der Waals surface area contributed by atoms with Crippen LogP contribution in [-0.2, 0) is 24.2 Å². The molecule has 1 heterocycles. The Morgan fingerprint density at radius 1 is 1.38 bits per heavy atom. The van der Waals surface area contributed by atoms with E-state index in [2.05, 4.69) is 5.32 Å². The van der Waals surface area contributed by atoms with Crippen LogP contribution >= 0.6 is 23.4 Å². The molecular weight excluding hydrogens is 374 g/mol. The second-order valence-electron chi connectivity index (χ2n) is 5.46. The zero-order chi connectivity index (χ0) is 17.7. The highest BCUT2D eigenvalue weighted by atomic mass is 35.5. The van der Waals surface area contributed by atoms with E-state index in [0.29, 0.717) is 17.1 Å². The average molecular weight is 392 g/mol. The summed E-state index contributed by atoms with van der Waals surface area (Å²) in [5.41, 5.74) is 0.554. The topological polar surface area (TPSA) is 89.5 Å². The third kappa shape index (κ3) is 5.99. The van der Waals surface area contributed by atoms with Gasteiger partial charge in [-0.25, -0.2) is 8.42 Å². The lowest BCUT2D eigenvalue weighted by molar-refractivity contribution is -0.150. The van der Waals surface area contributed by atoms with Gasteiger partial charge in [0.1, 0.15) is 0 Å².